The van der Waals surface area contributed by atoms with Crippen molar-refractivity contribution in [1.29, 1.82) is 0 Å². The van der Waals surface area contributed by atoms with Crippen LogP contribution in [0.1, 0.15) is 5.56 Å². The van der Waals surface area contributed by atoms with Crippen molar-refractivity contribution >= 4 is 11.0 Å². The molecule has 0 saturated carbocycles. The first-order valence-corrected chi connectivity index (χ1v) is 7.47. The van der Waals surface area contributed by atoms with Gasteiger partial charge in [0.15, 0.2) is 0 Å². The smallest absolute Gasteiger partial charge is 0.134 e. The summed E-state index contributed by atoms with van der Waals surface area (Å²) in [6.07, 6.45) is 2.98. The topological polar surface area (TPSA) is 45.6 Å². The number of piperazine rings is 1. The van der Waals surface area contributed by atoms with Crippen molar-refractivity contribution in [1.82, 2.24) is 9.80 Å². The molecule has 108 valence electrons. The average Bonchev–Trinajstić information content (AvgIpc) is 2.90. The minimum Gasteiger partial charge on any atom is -0.464 e. The fourth-order valence-corrected chi connectivity index (χ4v) is 2.92. The summed E-state index contributed by atoms with van der Waals surface area (Å²) in [4.78, 5) is 4.98. The minimum absolute atomic E-state index is 0.765. The van der Waals surface area contributed by atoms with Crippen LogP contribution in [0.2, 0.25) is 0 Å². The highest BCUT2D eigenvalue weighted by Gasteiger charge is 2.16. The van der Waals surface area contributed by atoms with Crippen molar-refractivity contribution in [2.45, 2.75) is 6.42 Å². The molecule has 2 N–H and O–H groups in total. The fourth-order valence-electron chi connectivity index (χ4n) is 2.92. The quantitative estimate of drug-likeness (QED) is 0.898. The van der Waals surface area contributed by atoms with E-state index in [1.54, 1.807) is 0 Å². The third kappa shape index (κ3) is 3.03. The highest BCUT2D eigenvalue weighted by molar-refractivity contribution is 5.80. The number of nitrogens with two attached hydrogens (primary N) is 1. The Hall–Kier alpha value is -1.36. The predicted molar refractivity (Wildman–Crippen MR) is 81.9 cm³/mol. The van der Waals surface area contributed by atoms with Crippen LogP contribution in [0.25, 0.3) is 11.0 Å². The summed E-state index contributed by atoms with van der Waals surface area (Å²) in [6, 6.07) is 8.27. The summed E-state index contributed by atoms with van der Waals surface area (Å²) in [5, 5.41) is 1.26. The van der Waals surface area contributed by atoms with Gasteiger partial charge >= 0.3 is 0 Å². The third-order valence-electron chi connectivity index (χ3n) is 4.17. The van der Waals surface area contributed by atoms with E-state index in [-0.39, 0.29) is 0 Å². The van der Waals surface area contributed by atoms with Crippen LogP contribution in [-0.4, -0.2) is 55.6 Å². The van der Waals surface area contributed by atoms with Crippen molar-refractivity contribution in [3.63, 3.8) is 0 Å². The molecule has 0 amide bonds. The van der Waals surface area contributed by atoms with E-state index in [4.69, 9.17) is 10.2 Å². The molecule has 0 aliphatic carbocycles. The maximum Gasteiger partial charge on any atom is 0.134 e. The molecule has 0 bridgehead atoms. The Kier molecular flexibility index (Phi) is 4.35. The number of hydrogen-bond donors (Lipinski definition) is 1. The second-order valence-electron chi connectivity index (χ2n) is 5.48. The first-order chi connectivity index (χ1) is 9.86. The molecular formula is C16H23N3O. The SMILES string of the molecule is NCCN1CCN(CCc2coc3ccccc23)CC1. The lowest BCUT2D eigenvalue weighted by Gasteiger charge is -2.34. The van der Waals surface area contributed by atoms with Gasteiger partial charge < -0.3 is 15.1 Å². The average molecular weight is 273 g/mol. The van der Waals surface area contributed by atoms with Crippen LogP contribution in [-0.2, 0) is 6.42 Å². The van der Waals surface area contributed by atoms with Crippen molar-refractivity contribution in [2.24, 2.45) is 5.73 Å². The minimum atomic E-state index is 0.765. The number of fused-ring (bicyclic) bond motifs is 1. The van der Waals surface area contributed by atoms with Gasteiger partial charge in [-0.25, -0.2) is 0 Å². The lowest BCUT2D eigenvalue weighted by Crippen LogP contribution is -2.48. The van der Waals surface area contributed by atoms with Crippen LogP contribution in [0, 0.1) is 0 Å². The fraction of sp³-hybridized carbons (Fsp3) is 0.500. The number of furan rings is 1. The maximum absolute atomic E-state index is 5.60. The predicted octanol–water partition coefficient (Wildman–Crippen LogP) is 1.55. The van der Waals surface area contributed by atoms with E-state index >= 15 is 0 Å². The molecule has 4 heteroatoms. The van der Waals surface area contributed by atoms with Crippen LogP contribution in [0.3, 0.4) is 0 Å². The number of para-hydroxylation sites is 1. The highest BCUT2D eigenvalue weighted by atomic mass is 16.3. The molecule has 0 spiro atoms. The Labute approximate surface area is 120 Å². The maximum atomic E-state index is 5.60. The molecule has 0 atom stereocenters. The summed E-state index contributed by atoms with van der Waals surface area (Å²) in [5.74, 6) is 0. The Bertz CT molecular complexity index is 543. The Morgan fingerprint density at radius 3 is 2.45 bits per heavy atom. The van der Waals surface area contributed by atoms with Crippen molar-refractivity contribution in [3.05, 3.63) is 36.1 Å². The van der Waals surface area contributed by atoms with Gasteiger partial charge in [0.1, 0.15) is 5.58 Å². The first-order valence-electron chi connectivity index (χ1n) is 7.47. The van der Waals surface area contributed by atoms with Crippen LogP contribution in [0.15, 0.2) is 34.9 Å². The number of hydrogen-bond acceptors (Lipinski definition) is 4. The summed E-state index contributed by atoms with van der Waals surface area (Å²) in [7, 11) is 0. The molecule has 1 aromatic heterocycles. The van der Waals surface area contributed by atoms with Gasteiger partial charge in [0.2, 0.25) is 0 Å². The molecule has 20 heavy (non-hydrogen) atoms. The summed E-state index contributed by atoms with van der Waals surface area (Å²) >= 11 is 0. The third-order valence-corrected chi connectivity index (χ3v) is 4.17. The Morgan fingerprint density at radius 1 is 1.00 bits per heavy atom. The van der Waals surface area contributed by atoms with Crippen LogP contribution >= 0.6 is 0 Å². The molecule has 2 heterocycles. The van der Waals surface area contributed by atoms with Gasteiger partial charge in [-0.3, -0.25) is 4.90 Å². The molecular weight excluding hydrogens is 250 g/mol. The molecule has 3 rings (SSSR count). The molecule has 4 nitrogen and oxygen atoms in total. The lowest BCUT2D eigenvalue weighted by atomic mass is 10.1. The molecule has 0 unspecified atom stereocenters. The van der Waals surface area contributed by atoms with E-state index in [2.05, 4.69) is 21.9 Å². The normalized spacial score (nSPS) is 17.9. The summed E-state index contributed by atoms with van der Waals surface area (Å²) in [6.45, 7) is 7.49. The Morgan fingerprint density at radius 2 is 1.70 bits per heavy atom. The van der Waals surface area contributed by atoms with Gasteiger partial charge in [0.25, 0.3) is 0 Å². The zero-order valence-electron chi connectivity index (χ0n) is 11.9. The zero-order valence-corrected chi connectivity index (χ0v) is 11.9. The largest absolute Gasteiger partial charge is 0.464 e. The van der Waals surface area contributed by atoms with Gasteiger partial charge in [0.05, 0.1) is 6.26 Å². The van der Waals surface area contributed by atoms with E-state index in [0.717, 1.165) is 57.8 Å². The van der Waals surface area contributed by atoms with E-state index < -0.39 is 0 Å². The second kappa shape index (κ2) is 6.39. The van der Waals surface area contributed by atoms with Crippen LogP contribution < -0.4 is 5.73 Å². The summed E-state index contributed by atoms with van der Waals surface area (Å²) in [5.41, 5.74) is 7.92. The molecule has 2 aromatic rings. The van der Waals surface area contributed by atoms with Gasteiger partial charge in [-0.1, -0.05) is 18.2 Å². The highest BCUT2D eigenvalue weighted by Crippen LogP contribution is 2.21. The zero-order chi connectivity index (χ0) is 13.8. The lowest BCUT2D eigenvalue weighted by molar-refractivity contribution is 0.136. The number of rotatable bonds is 5. The Balaban J connectivity index is 1.53. The van der Waals surface area contributed by atoms with Gasteiger partial charge in [-0.2, -0.15) is 0 Å². The molecule has 1 aliphatic rings. The first kappa shape index (κ1) is 13.6. The molecule has 0 radical (unpaired) electrons. The van der Waals surface area contributed by atoms with E-state index in [0.29, 0.717) is 0 Å². The van der Waals surface area contributed by atoms with E-state index in [9.17, 15) is 0 Å². The van der Waals surface area contributed by atoms with Crippen molar-refractivity contribution in [2.75, 3.05) is 45.8 Å². The number of nitrogens with zero attached hydrogens (tertiary/aromatic N) is 2. The number of benzene rings is 1. The van der Waals surface area contributed by atoms with Gasteiger partial charge in [-0.15, -0.1) is 0 Å². The molecule has 1 aromatic carbocycles. The van der Waals surface area contributed by atoms with E-state index in [1.807, 2.05) is 18.4 Å². The molecule has 1 aliphatic heterocycles. The van der Waals surface area contributed by atoms with Crippen molar-refractivity contribution in [3.8, 4) is 0 Å². The standard InChI is InChI=1S/C16H23N3O/c17-6-8-19-11-9-18(10-12-19)7-5-14-13-20-16-4-2-1-3-15(14)16/h1-4,13H,5-12,17H2. The summed E-state index contributed by atoms with van der Waals surface area (Å²) < 4.78 is 5.60. The monoisotopic (exact) mass is 273 g/mol. The van der Waals surface area contributed by atoms with Crippen LogP contribution in [0.4, 0.5) is 0 Å². The van der Waals surface area contributed by atoms with Gasteiger partial charge in [-0.05, 0) is 18.1 Å². The van der Waals surface area contributed by atoms with Gasteiger partial charge in [0, 0.05) is 51.2 Å². The second-order valence-corrected chi connectivity index (χ2v) is 5.48. The molecule has 1 fully saturated rings. The molecule has 1 saturated heterocycles. The van der Waals surface area contributed by atoms with Crippen LogP contribution in [0.5, 0.6) is 0 Å². The van der Waals surface area contributed by atoms with Crippen molar-refractivity contribution < 1.29 is 4.42 Å². The van der Waals surface area contributed by atoms with E-state index in [1.165, 1.54) is 10.9 Å².